The fourth-order valence-corrected chi connectivity index (χ4v) is 4.11. The van der Waals surface area contributed by atoms with Gasteiger partial charge in [-0.1, -0.05) is 30.0 Å². The number of nitrogens with zero attached hydrogens (tertiary/aromatic N) is 3. The lowest BCUT2D eigenvalue weighted by Gasteiger charge is -2.17. The van der Waals surface area contributed by atoms with Gasteiger partial charge in [-0.25, -0.2) is 0 Å². The lowest BCUT2D eigenvalue weighted by Crippen LogP contribution is -2.32. The summed E-state index contributed by atoms with van der Waals surface area (Å²) in [5.41, 5.74) is 0. The molecule has 1 amide bonds. The van der Waals surface area contributed by atoms with E-state index in [0.29, 0.717) is 24.2 Å². The molecule has 0 saturated heterocycles. The van der Waals surface area contributed by atoms with Gasteiger partial charge in [0.25, 0.3) is 0 Å². The summed E-state index contributed by atoms with van der Waals surface area (Å²) in [5, 5.41) is 9.11. The second-order valence-corrected chi connectivity index (χ2v) is 7.87. The van der Waals surface area contributed by atoms with Crippen molar-refractivity contribution >= 4 is 34.1 Å². The predicted molar refractivity (Wildman–Crippen MR) is 99.9 cm³/mol. The summed E-state index contributed by atoms with van der Waals surface area (Å²) in [4.78, 5) is 13.9. The summed E-state index contributed by atoms with van der Waals surface area (Å²) in [6, 6.07) is 7.83. The summed E-state index contributed by atoms with van der Waals surface area (Å²) >= 11 is 3.07. The van der Waals surface area contributed by atoms with Crippen molar-refractivity contribution in [3.63, 3.8) is 0 Å². The smallest absolute Gasteiger partial charge is 0.228 e. The van der Waals surface area contributed by atoms with Gasteiger partial charge in [-0.15, -0.1) is 10.2 Å². The van der Waals surface area contributed by atoms with Crippen LogP contribution in [0.1, 0.15) is 26.2 Å². The van der Waals surface area contributed by atoms with Crippen LogP contribution in [0.3, 0.4) is 0 Å². The number of ether oxygens (including phenoxy) is 2. The van der Waals surface area contributed by atoms with Crippen molar-refractivity contribution in [3.05, 3.63) is 24.3 Å². The number of hydrogen-bond donors (Lipinski definition) is 0. The van der Waals surface area contributed by atoms with Crippen LogP contribution in [0.5, 0.6) is 11.5 Å². The minimum absolute atomic E-state index is 0.123. The summed E-state index contributed by atoms with van der Waals surface area (Å²) in [6.45, 7) is 2.46. The van der Waals surface area contributed by atoms with Crippen molar-refractivity contribution in [1.82, 2.24) is 10.2 Å². The summed E-state index contributed by atoms with van der Waals surface area (Å²) < 4.78 is 11.7. The second kappa shape index (κ2) is 8.53. The van der Waals surface area contributed by atoms with Crippen LogP contribution in [0.2, 0.25) is 0 Å². The third-order valence-electron chi connectivity index (χ3n) is 3.72. The third kappa shape index (κ3) is 4.85. The zero-order valence-electron chi connectivity index (χ0n) is 14.3. The predicted octanol–water partition coefficient (Wildman–Crippen LogP) is 3.62. The highest BCUT2D eigenvalue weighted by Gasteiger charge is 2.35. The standard InChI is InChI=1S/C17H21N3O3S2/c1-3-15(21)20(12-4-5-12)16-18-19-17(25-16)24-11-10-23-14-8-6-13(22-2)7-9-14/h6-9,12H,3-5,10-11H2,1-2H3. The number of methoxy groups -OCH3 is 1. The van der Waals surface area contributed by atoms with Crippen molar-refractivity contribution in [2.24, 2.45) is 0 Å². The molecule has 1 saturated carbocycles. The van der Waals surface area contributed by atoms with Gasteiger partial charge in [-0.2, -0.15) is 0 Å². The maximum absolute atomic E-state index is 12.1. The van der Waals surface area contributed by atoms with Crippen LogP contribution in [-0.2, 0) is 4.79 Å². The molecule has 1 aliphatic rings. The molecule has 3 rings (SSSR count). The molecule has 1 heterocycles. The van der Waals surface area contributed by atoms with E-state index < -0.39 is 0 Å². The molecule has 0 aliphatic heterocycles. The molecular formula is C17H21N3O3S2. The average Bonchev–Trinajstić information content (AvgIpc) is 3.37. The quantitative estimate of drug-likeness (QED) is 0.377. The van der Waals surface area contributed by atoms with Crippen LogP contribution < -0.4 is 14.4 Å². The summed E-state index contributed by atoms with van der Waals surface area (Å²) in [7, 11) is 1.64. The first-order valence-corrected chi connectivity index (χ1v) is 10.1. The van der Waals surface area contributed by atoms with E-state index in [1.54, 1.807) is 18.9 Å². The number of benzene rings is 1. The van der Waals surface area contributed by atoms with Crippen molar-refractivity contribution in [3.8, 4) is 11.5 Å². The van der Waals surface area contributed by atoms with Crippen LogP contribution in [0.15, 0.2) is 28.6 Å². The fourth-order valence-electron chi connectivity index (χ4n) is 2.29. The first-order valence-electron chi connectivity index (χ1n) is 8.26. The SMILES string of the molecule is CCC(=O)N(c1nnc(SCCOc2ccc(OC)cc2)s1)C1CC1. The van der Waals surface area contributed by atoms with Gasteiger partial charge in [-0.3, -0.25) is 9.69 Å². The minimum atomic E-state index is 0.123. The molecule has 2 aromatic rings. The van der Waals surface area contributed by atoms with E-state index in [-0.39, 0.29) is 5.91 Å². The van der Waals surface area contributed by atoms with Crippen LogP contribution in [0.25, 0.3) is 0 Å². The molecule has 0 unspecified atom stereocenters. The number of rotatable bonds is 9. The maximum Gasteiger partial charge on any atom is 0.228 e. The monoisotopic (exact) mass is 379 g/mol. The van der Waals surface area contributed by atoms with E-state index in [4.69, 9.17) is 9.47 Å². The van der Waals surface area contributed by atoms with Gasteiger partial charge in [0, 0.05) is 18.2 Å². The number of anilines is 1. The van der Waals surface area contributed by atoms with E-state index in [2.05, 4.69) is 10.2 Å². The van der Waals surface area contributed by atoms with Gasteiger partial charge in [0.15, 0.2) is 4.34 Å². The Labute approximate surface area is 155 Å². The number of carbonyl (C=O) groups is 1. The van der Waals surface area contributed by atoms with E-state index in [1.807, 2.05) is 36.1 Å². The first kappa shape index (κ1) is 18.0. The molecule has 1 fully saturated rings. The Balaban J connectivity index is 1.47. The van der Waals surface area contributed by atoms with E-state index in [9.17, 15) is 4.79 Å². The van der Waals surface area contributed by atoms with Gasteiger partial charge in [0.1, 0.15) is 11.5 Å². The highest BCUT2D eigenvalue weighted by atomic mass is 32.2. The molecule has 0 spiro atoms. The van der Waals surface area contributed by atoms with Crippen molar-refractivity contribution in [2.75, 3.05) is 24.4 Å². The van der Waals surface area contributed by atoms with Gasteiger partial charge in [0.05, 0.1) is 13.7 Å². The Kier molecular flexibility index (Phi) is 6.14. The summed E-state index contributed by atoms with van der Waals surface area (Å²) in [5.74, 6) is 2.52. The second-order valence-electron chi connectivity index (χ2n) is 5.57. The molecule has 25 heavy (non-hydrogen) atoms. The highest BCUT2D eigenvalue weighted by Crippen LogP contribution is 2.36. The van der Waals surface area contributed by atoms with E-state index in [0.717, 1.165) is 34.4 Å². The lowest BCUT2D eigenvalue weighted by atomic mass is 10.3. The molecule has 1 aliphatic carbocycles. The van der Waals surface area contributed by atoms with Crippen molar-refractivity contribution < 1.29 is 14.3 Å². The normalized spacial score (nSPS) is 13.5. The van der Waals surface area contributed by atoms with E-state index >= 15 is 0 Å². The molecule has 1 aromatic heterocycles. The molecule has 0 radical (unpaired) electrons. The number of aromatic nitrogens is 2. The molecular weight excluding hydrogens is 358 g/mol. The Morgan fingerprint density at radius 2 is 2.00 bits per heavy atom. The molecule has 0 N–H and O–H groups in total. The molecule has 6 nitrogen and oxygen atoms in total. The molecule has 0 bridgehead atoms. The molecule has 8 heteroatoms. The minimum Gasteiger partial charge on any atom is -0.497 e. The Bertz CT molecular complexity index is 701. The molecule has 134 valence electrons. The molecule has 1 aromatic carbocycles. The Morgan fingerprint density at radius 3 is 2.64 bits per heavy atom. The largest absolute Gasteiger partial charge is 0.497 e. The van der Waals surface area contributed by atoms with Crippen LogP contribution in [-0.4, -0.2) is 41.6 Å². The van der Waals surface area contributed by atoms with Crippen LogP contribution in [0, 0.1) is 0 Å². The number of carbonyl (C=O) groups excluding carboxylic acids is 1. The Hall–Kier alpha value is -1.80. The number of thioether (sulfide) groups is 1. The summed E-state index contributed by atoms with van der Waals surface area (Å²) in [6.07, 6.45) is 2.61. The van der Waals surface area contributed by atoms with Gasteiger partial charge in [0.2, 0.25) is 11.0 Å². The average molecular weight is 380 g/mol. The Morgan fingerprint density at radius 1 is 1.28 bits per heavy atom. The molecule has 0 atom stereocenters. The number of amides is 1. The first-order chi connectivity index (χ1) is 12.2. The van der Waals surface area contributed by atoms with Crippen LogP contribution >= 0.6 is 23.1 Å². The fraction of sp³-hybridized carbons (Fsp3) is 0.471. The zero-order valence-corrected chi connectivity index (χ0v) is 15.9. The van der Waals surface area contributed by atoms with E-state index in [1.165, 1.54) is 11.3 Å². The zero-order chi connectivity index (χ0) is 17.6. The van der Waals surface area contributed by atoms with Crippen LogP contribution in [0.4, 0.5) is 5.13 Å². The lowest BCUT2D eigenvalue weighted by molar-refractivity contribution is -0.118. The van der Waals surface area contributed by atoms with Gasteiger partial charge in [-0.05, 0) is 37.1 Å². The topological polar surface area (TPSA) is 64.6 Å². The van der Waals surface area contributed by atoms with Crippen molar-refractivity contribution in [2.45, 2.75) is 36.6 Å². The maximum atomic E-state index is 12.1. The van der Waals surface area contributed by atoms with Crippen molar-refractivity contribution in [1.29, 1.82) is 0 Å². The van der Waals surface area contributed by atoms with Gasteiger partial charge < -0.3 is 9.47 Å². The van der Waals surface area contributed by atoms with Gasteiger partial charge >= 0.3 is 0 Å². The third-order valence-corrected chi connectivity index (χ3v) is 5.74. The number of hydrogen-bond acceptors (Lipinski definition) is 7. The highest BCUT2D eigenvalue weighted by molar-refractivity contribution is 8.01.